The summed E-state index contributed by atoms with van der Waals surface area (Å²) >= 11 is 0. The third-order valence-corrected chi connectivity index (χ3v) is 7.07. The molecule has 1 fully saturated rings. The van der Waals surface area contributed by atoms with Crippen molar-refractivity contribution in [3.05, 3.63) is 65.7 Å². The van der Waals surface area contributed by atoms with Gasteiger partial charge in [0.25, 0.3) is 0 Å². The van der Waals surface area contributed by atoms with Crippen LogP contribution < -0.4 is 0 Å². The van der Waals surface area contributed by atoms with Crippen molar-refractivity contribution in [1.82, 2.24) is 0 Å². The number of carbonyl (C=O) groups is 1. The van der Waals surface area contributed by atoms with E-state index in [1.165, 1.54) is 12.1 Å². The first-order valence-electron chi connectivity index (χ1n) is 7.92. The number of nitrogens with zero attached hydrogens (tertiary/aromatic N) is 1. The van der Waals surface area contributed by atoms with Gasteiger partial charge < -0.3 is 5.11 Å². The van der Waals surface area contributed by atoms with E-state index < -0.39 is 32.4 Å². The first kappa shape index (κ1) is 17.2. The van der Waals surface area contributed by atoms with E-state index in [1.807, 2.05) is 19.1 Å². The topological polar surface area (TPSA) is 95.2 Å². The van der Waals surface area contributed by atoms with Crippen LogP contribution in [-0.4, -0.2) is 24.7 Å². The summed E-state index contributed by atoms with van der Waals surface area (Å²) < 4.78 is 25.9. The highest BCUT2D eigenvalue weighted by atomic mass is 32.2. The van der Waals surface area contributed by atoms with Crippen LogP contribution in [0.4, 0.5) is 0 Å². The van der Waals surface area contributed by atoms with Gasteiger partial charge in [-0.1, -0.05) is 49.4 Å². The minimum Gasteiger partial charge on any atom is -0.480 e. The lowest BCUT2D eigenvalue weighted by Crippen LogP contribution is -2.22. The Morgan fingerprint density at radius 1 is 1.16 bits per heavy atom. The van der Waals surface area contributed by atoms with Crippen LogP contribution in [0.15, 0.2) is 59.5 Å². The Morgan fingerprint density at radius 3 is 2.24 bits per heavy atom. The lowest BCUT2D eigenvalue weighted by Gasteiger charge is -2.04. The number of aryl methyl sites for hydroxylation is 1. The molecule has 25 heavy (non-hydrogen) atoms. The van der Waals surface area contributed by atoms with Gasteiger partial charge in [-0.05, 0) is 29.7 Å². The second kappa shape index (κ2) is 6.01. The van der Waals surface area contributed by atoms with Gasteiger partial charge in [0.2, 0.25) is 0 Å². The van der Waals surface area contributed by atoms with Gasteiger partial charge in [-0.2, -0.15) is 5.26 Å². The molecule has 1 saturated carbocycles. The summed E-state index contributed by atoms with van der Waals surface area (Å²) in [4.78, 5) is 11.9. The molecular weight excluding hydrogens is 338 g/mol. The molecule has 3 atom stereocenters. The molecule has 2 aromatic carbocycles. The van der Waals surface area contributed by atoms with Crippen LogP contribution >= 0.6 is 0 Å². The smallest absolute Gasteiger partial charge is 0.326 e. The second-order valence-electron chi connectivity index (χ2n) is 6.14. The van der Waals surface area contributed by atoms with E-state index in [4.69, 9.17) is 0 Å². The summed E-state index contributed by atoms with van der Waals surface area (Å²) in [6, 6.07) is 16.6. The van der Waals surface area contributed by atoms with E-state index in [0.717, 1.165) is 12.0 Å². The number of hydrogen-bond donors (Lipinski definition) is 1. The number of carboxylic acid groups (broad SMARTS) is 1. The van der Waals surface area contributed by atoms with Gasteiger partial charge in [-0.15, -0.1) is 0 Å². The van der Waals surface area contributed by atoms with Crippen LogP contribution in [0.25, 0.3) is 0 Å². The molecule has 0 spiro atoms. The molecule has 1 N–H and O–H groups in total. The van der Waals surface area contributed by atoms with Crippen molar-refractivity contribution in [3.63, 3.8) is 0 Å². The fraction of sp³-hybridized carbons (Fsp3) is 0.263. The number of hydrogen-bond acceptors (Lipinski definition) is 4. The maximum Gasteiger partial charge on any atom is 0.326 e. The van der Waals surface area contributed by atoms with Crippen molar-refractivity contribution in [1.29, 1.82) is 5.26 Å². The normalized spacial score (nSPS) is 25.1. The molecular formula is C19H17NO4S. The number of benzene rings is 2. The fourth-order valence-electron chi connectivity index (χ4n) is 3.37. The standard InChI is InChI=1S/C19H17NO4S/c1-2-13-8-10-14(11-9-13)16-17(19(16,12-20)18(21)22)25(23,24)15-6-4-3-5-7-15/h3-11,16-17H,2H2,1H3,(H,21,22)/t16-,17-,19-/m0/s1. The largest absolute Gasteiger partial charge is 0.480 e. The maximum atomic E-state index is 13.0. The Kier molecular flexibility index (Phi) is 4.13. The van der Waals surface area contributed by atoms with Crippen molar-refractivity contribution in [2.75, 3.05) is 0 Å². The highest BCUT2D eigenvalue weighted by molar-refractivity contribution is 7.92. The van der Waals surface area contributed by atoms with Crippen LogP contribution in [0.3, 0.4) is 0 Å². The average molecular weight is 355 g/mol. The molecule has 3 rings (SSSR count). The summed E-state index contributed by atoms with van der Waals surface area (Å²) in [5, 5.41) is 17.9. The van der Waals surface area contributed by atoms with Crippen LogP contribution in [-0.2, 0) is 21.1 Å². The molecule has 0 radical (unpaired) electrons. The van der Waals surface area contributed by atoms with Crippen LogP contribution in [0.1, 0.15) is 24.0 Å². The zero-order valence-electron chi connectivity index (χ0n) is 13.6. The predicted octanol–water partition coefficient (Wildman–Crippen LogP) is 2.78. The number of carboxylic acids is 1. The SMILES string of the molecule is CCc1ccc([C@H]2[C@H](S(=O)(=O)c3ccccc3)[C@@]2(C#N)C(=O)O)cc1. The van der Waals surface area contributed by atoms with Gasteiger partial charge in [-0.3, -0.25) is 4.79 Å². The van der Waals surface area contributed by atoms with Crippen LogP contribution in [0, 0.1) is 16.7 Å². The molecule has 128 valence electrons. The molecule has 0 heterocycles. The molecule has 0 unspecified atom stereocenters. The van der Waals surface area contributed by atoms with Crippen molar-refractivity contribution < 1.29 is 18.3 Å². The van der Waals surface area contributed by atoms with E-state index in [-0.39, 0.29) is 4.90 Å². The van der Waals surface area contributed by atoms with Gasteiger partial charge >= 0.3 is 5.97 Å². The Balaban J connectivity index is 2.10. The third-order valence-electron chi connectivity index (χ3n) is 4.82. The first-order valence-corrected chi connectivity index (χ1v) is 9.46. The van der Waals surface area contributed by atoms with Gasteiger partial charge in [0.15, 0.2) is 15.3 Å². The van der Waals surface area contributed by atoms with Gasteiger partial charge in [0.05, 0.1) is 11.0 Å². The van der Waals surface area contributed by atoms with Gasteiger partial charge in [0.1, 0.15) is 5.25 Å². The third kappa shape index (κ3) is 2.52. The van der Waals surface area contributed by atoms with E-state index in [9.17, 15) is 23.6 Å². The highest BCUT2D eigenvalue weighted by Gasteiger charge is 2.77. The second-order valence-corrected chi connectivity index (χ2v) is 8.21. The molecule has 1 aliphatic carbocycles. The van der Waals surface area contributed by atoms with Crippen molar-refractivity contribution in [3.8, 4) is 6.07 Å². The van der Waals surface area contributed by atoms with Crippen molar-refractivity contribution in [2.45, 2.75) is 29.4 Å². The molecule has 2 aromatic rings. The van der Waals surface area contributed by atoms with E-state index >= 15 is 0 Å². The maximum absolute atomic E-state index is 13.0. The summed E-state index contributed by atoms with van der Waals surface area (Å²) in [5.41, 5.74) is -0.335. The Hall–Kier alpha value is -2.65. The summed E-state index contributed by atoms with van der Waals surface area (Å²) in [6.45, 7) is 1.99. The first-order chi connectivity index (χ1) is 11.9. The molecule has 0 bridgehead atoms. The molecule has 1 aliphatic rings. The number of rotatable bonds is 5. The van der Waals surface area contributed by atoms with E-state index in [1.54, 1.807) is 36.4 Å². The number of nitriles is 1. The number of sulfone groups is 1. The Labute approximate surface area is 146 Å². The minimum atomic E-state index is -3.95. The van der Waals surface area contributed by atoms with Crippen LogP contribution in [0.2, 0.25) is 0 Å². The molecule has 0 amide bonds. The lowest BCUT2D eigenvalue weighted by molar-refractivity contribution is -0.141. The number of aliphatic carboxylic acids is 1. The summed E-state index contributed by atoms with van der Waals surface area (Å²) in [7, 11) is -3.95. The average Bonchev–Trinajstić information content (AvgIpc) is 3.34. The zero-order chi connectivity index (χ0) is 18.2. The Morgan fingerprint density at radius 2 is 1.76 bits per heavy atom. The Bertz CT molecular complexity index is 945. The highest BCUT2D eigenvalue weighted by Crippen LogP contribution is 2.63. The van der Waals surface area contributed by atoms with Crippen molar-refractivity contribution in [2.24, 2.45) is 5.41 Å². The van der Waals surface area contributed by atoms with E-state index in [2.05, 4.69) is 0 Å². The van der Waals surface area contributed by atoms with E-state index in [0.29, 0.717) is 5.56 Å². The monoisotopic (exact) mass is 355 g/mol. The minimum absolute atomic E-state index is 0.0357. The summed E-state index contributed by atoms with van der Waals surface area (Å²) in [5.74, 6) is -2.28. The quantitative estimate of drug-likeness (QED) is 0.890. The van der Waals surface area contributed by atoms with Crippen LogP contribution in [0.5, 0.6) is 0 Å². The summed E-state index contributed by atoms with van der Waals surface area (Å²) in [6.07, 6.45) is 0.818. The molecule has 0 aromatic heterocycles. The fourth-order valence-corrected chi connectivity index (χ4v) is 5.64. The predicted molar refractivity (Wildman–Crippen MR) is 91.7 cm³/mol. The van der Waals surface area contributed by atoms with Gasteiger partial charge in [-0.25, -0.2) is 8.42 Å². The van der Waals surface area contributed by atoms with Crippen molar-refractivity contribution >= 4 is 15.8 Å². The molecule has 0 saturated heterocycles. The zero-order valence-corrected chi connectivity index (χ0v) is 14.4. The molecule has 5 nitrogen and oxygen atoms in total. The lowest BCUT2D eigenvalue weighted by atomic mass is 9.99. The van der Waals surface area contributed by atoms with Gasteiger partial charge in [0, 0.05) is 5.92 Å². The molecule has 6 heteroatoms. The molecule has 0 aliphatic heterocycles.